The van der Waals surface area contributed by atoms with Crippen molar-refractivity contribution in [2.24, 2.45) is 0 Å². The topological polar surface area (TPSA) is 101 Å². The van der Waals surface area contributed by atoms with Crippen molar-refractivity contribution in [1.29, 1.82) is 0 Å². The van der Waals surface area contributed by atoms with Crippen molar-refractivity contribution < 1.29 is 32.5 Å². The van der Waals surface area contributed by atoms with E-state index >= 15 is 0 Å². The summed E-state index contributed by atoms with van der Waals surface area (Å²) in [6.45, 7) is -1.05. The zero-order valence-corrected chi connectivity index (χ0v) is 13.8. The normalized spacial score (nSPS) is 13.5. The number of carbonyl (C=O) groups excluding carboxylic acids is 3. The molecule has 0 unspecified atom stereocenters. The Balaban J connectivity index is 2.02. The number of nitro benzene ring substituents is 1. The van der Waals surface area contributed by atoms with Gasteiger partial charge in [0.05, 0.1) is 10.5 Å². The molecule has 0 bridgehead atoms. The van der Waals surface area contributed by atoms with Gasteiger partial charge in [-0.05, 0) is 18.2 Å². The van der Waals surface area contributed by atoms with Gasteiger partial charge in [-0.2, -0.15) is 13.2 Å². The molecule has 0 fully saturated rings. The number of nitro groups is 1. The highest BCUT2D eigenvalue weighted by molar-refractivity contribution is 6.23. The highest BCUT2D eigenvalue weighted by atomic mass is 19.4. The first kappa shape index (κ1) is 19.0. The average molecular weight is 393 g/mol. The molecule has 0 saturated heterocycles. The Labute approximate surface area is 154 Å². The maximum absolute atomic E-state index is 13.0. The number of carbonyl (C=O) groups is 3. The number of imide groups is 1. The van der Waals surface area contributed by atoms with Crippen LogP contribution in [0.1, 0.15) is 20.7 Å². The van der Waals surface area contributed by atoms with E-state index in [2.05, 4.69) is 0 Å². The van der Waals surface area contributed by atoms with Crippen LogP contribution in [-0.4, -0.2) is 40.4 Å². The van der Waals surface area contributed by atoms with Crippen molar-refractivity contribution in [1.82, 2.24) is 4.90 Å². The molecule has 0 N–H and O–H groups in total. The predicted octanol–water partition coefficient (Wildman–Crippen LogP) is 2.74. The first-order chi connectivity index (χ1) is 13.1. The first-order valence-corrected chi connectivity index (χ1v) is 7.70. The SMILES string of the molecule is O=C1c2cccc([N+](=O)[O-])c2C(=O)N1CN(C(=O)C(F)(F)F)c1ccccc1. The lowest BCUT2D eigenvalue weighted by Gasteiger charge is -2.27. The summed E-state index contributed by atoms with van der Waals surface area (Å²) in [6, 6.07) is 9.99. The highest BCUT2D eigenvalue weighted by Gasteiger charge is 2.47. The number of amides is 3. The van der Waals surface area contributed by atoms with E-state index in [1.807, 2.05) is 0 Å². The van der Waals surface area contributed by atoms with Gasteiger partial charge in [-0.15, -0.1) is 0 Å². The molecule has 8 nitrogen and oxygen atoms in total. The van der Waals surface area contributed by atoms with Gasteiger partial charge in [0.15, 0.2) is 0 Å². The molecule has 144 valence electrons. The molecule has 3 amide bonds. The van der Waals surface area contributed by atoms with Gasteiger partial charge in [0.1, 0.15) is 12.2 Å². The van der Waals surface area contributed by atoms with Gasteiger partial charge in [0.25, 0.3) is 17.5 Å². The minimum Gasteiger partial charge on any atom is -0.286 e. The van der Waals surface area contributed by atoms with Gasteiger partial charge < -0.3 is 0 Å². The number of hydrogen-bond donors (Lipinski definition) is 0. The number of alkyl halides is 3. The minimum absolute atomic E-state index is 0.198. The molecule has 0 aliphatic carbocycles. The van der Waals surface area contributed by atoms with Gasteiger partial charge in [-0.1, -0.05) is 24.3 Å². The second-order valence-electron chi connectivity index (χ2n) is 5.70. The number of rotatable bonds is 4. The Hall–Kier alpha value is -3.76. The van der Waals surface area contributed by atoms with Gasteiger partial charge in [0.2, 0.25) is 0 Å². The molecule has 1 aliphatic rings. The van der Waals surface area contributed by atoms with E-state index in [1.165, 1.54) is 36.4 Å². The van der Waals surface area contributed by atoms with Gasteiger partial charge >= 0.3 is 12.1 Å². The Kier molecular flexibility index (Phi) is 4.59. The van der Waals surface area contributed by atoms with Crippen molar-refractivity contribution in [3.63, 3.8) is 0 Å². The molecular weight excluding hydrogens is 383 g/mol. The molecule has 2 aromatic carbocycles. The highest BCUT2D eigenvalue weighted by Crippen LogP contribution is 2.32. The van der Waals surface area contributed by atoms with Crippen LogP contribution in [0.15, 0.2) is 48.5 Å². The van der Waals surface area contributed by atoms with E-state index in [0.29, 0.717) is 4.90 Å². The van der Waals surface area contributed by atoms with Crippen LogP contribution in [-0.2, 0) is 4.79 Å². The molecule has 0 radical (unpaired) electrons. The number of anilines is 1. The maximum Gasteiger partial charge on any atom is 0.471 e. The van der Waals surface area contributed by atoms with Crippen molar-refractivity contribution in [3.05, 3.63) is 69.8 Å². The summed E-state index contributed by atoms with van der Waals surface area (Å²) in [4.78, 5) is 47.7. The van der Waals surface area contributed by atoms with Crippen LogP contribution in [0, 0.1) is 10.1 Å². The molecule has 0 atom stereocenters. The summed E-state index contributed by atoms with van der Waals surface area (Å²) in [7, 11) is 0. The smallest absolute Gasteiger partial charge is 0.286 e. The van der Waals surface area contributed by atoms with E-state index in [4.69, 9.17) is 0 Å². The molecule has 0 spiro atoms. The number of fused-ring (bicyclic) bond motifs is 1. The van der Waals surface area contributed by atoms with Crippen LogP contribution in [0.5, 0.6) is 0 Å². The Morgan fingerprint density at radius 2 is 1.68 bits per heavy atom. The summed E-state index contributed by atoms with van der Waals surface area (Å²) in [5.41, 5.74) is -1.68. The summed E-state index contributed by atoms with van der Waals surface area (Å²) in [5, 5.41) is 11.1. The second-order valence-corrected chi connectivity index (χ2v) is 5.70. The largest absolute Gasteiger partial charge is 0.471 e. The quantitative estimate of drug-likeness (QED) is 0.452. The first-order valence-electron chi connectivity index (χ1n) is 7.70. The maximum atomic E-state index is 13.0. The molecule has 3 rings (SSSR count). The van der Waals surface area contributed by atoms with Gasteiger partial charge in [0, 0.05) is 11.8 Å². The fraction of sp³-hybridized carbons (Fsp3) is 0.118. The summed E-state index contributed by atoms with van der Waals surface area (Å²) >= 11 is 0. The Morgan fingerprint density at radius 3 is 2.25 bits per heavy atom. The van der Waals surface area contributed by atoms with Crippen LogP contribution in [0.25, 0.3) is 0 Å². The van der Waals surface area contributed by atoms with Crippen LogP contribution in [0.2, 0.25) is 0 Å². The van der Waals surface area contributed by atoms with Crippen LogP contribution in [0.3, 0.4) is 0 Å². The number of nitrogens with zero attached hydrogens (tertiary/aromatic N) is 3. The van der Waals surface area contributed by atoms with Crippen molar-refractivity contribution in [3.8, 4) is 0 Å². The number of halogens is 3. The average Bonchev–Trinajstić information content (AvgIpc) is 2.90. The van der Waals surface area contributed by atoms with Gasteiger partial charge in [-0.25, -0.2) is 0 Å². The van der Waals surface area contributed by atoms with Crippen LogP contribution < -0.4 is 4.90 Å². The molecule has 28 heavy (non-hydrogen) atoms. The third-order valence-electron chi connectivity index (χ3n) is 4.01. The van der Waals surface area contributed by atoms with Crippen molar-refractivity contribution in [2.75, 3.05) is 11.6 Å². The second kappa shape index (κ2) is 6.76. The van der Waals surface area contributed by atoms with Crippen LogP contribution in [0.4, 0.5) is 24.5 Å². The zero-order chi connectivity index (χ0) is 20.6. The number of para-hydroxylation sites is 1. The van der Waals surface area contributed by atoms with E-state index in [1.54, 1.807) is 0 Å². The van der Waals surface area contributed by atoms with Crippen molar-refractivity contribution >= 4 is 29.1 Å². The molecule has 11 heteroatoms. The molecule has 0 aromatic heterocycles. The third kappa shape index (κ3) is 3.17. The minimum atomic E-state index is -5.26. The summed E-state index contributed by atoms with van der Waals surface area (Å²) in [6.07, 6.45) is -5.26. The third-order valence-corrected chi connectivity index (χ3v) is 4.01. The van der Waals surface area contributed by atoms with E-state index < -0.39 is 46.7 Å². The lowest BCUT2D eigenvalue weighted by Crippen LogP contribution is -2.49. The lowest BCUT2D eigenvalue weighted by atomic mass is 10.1. The van der Waals surface area contributed by atoms with Gasteiger partial charge in [-0.3, -0.25) is 34.3 Å². The lowest BCUT2D eigenvalue weighted by molar-refractivity contribution is -0.385. The fourth-order valence-corrected chi connectivity index (χ4v) is 2.76. The number of hydrogen-bond acceptors (Lipinski definition) is 5. The Morgan fingerprint density at radius 1 is 1.04 bits per heavy atom. The van der Waals surface area contributed by atoms with E-state index in [-0.39, 0.29) is 16.2 Å². The van der Waals surface area contributed by atoms with E-state index in [0.717, 1.165) is 12.1 Å². The predicted molar refractivity (Wildman–Crippen MR) is 88.4 cm³/mol. The zero-order valence-electron chi connectivity index (χ0n) is 13.8. The monoisotopic (exact) mass is 393 g/mol. The molecule has 0 saturated carbocycles. The molecule has 2 aromatic rings. The van der Waals surface area contributed by atoms with E-state index in [9.17, 15) is 37.7 Å². The summed E-state index contributed by atoms with van der Waals surface area (Å²) < 4.78 is 39.1. The van der Waals surface area contributed by atoms with Crippen LogP contribution >= 0.6 is 0 Å². The molecule has 1 heterocycles. The summed E-state index contributed by atoms with van der Waals surface area (Å²) in [5.74, 6) is -4.47. The molecular formula is C17H10F3N3O5. The molecule has 1 aliphatic heterocycles. The number of benzene rings is 2. The standard InChI is InChI=1S/C17H10F3N3O5/c18-17(19,20)16(26)21(10-5-2-1-3-6-10)9-22-14(24)11-7-4-8-12(23(27)28)13(11)15(22)25/h1-8H,9H2. The Bertz CT molecular complexity index is 991. The fourth-order valence-electron chi connectivity index (χ4n) is 2.76. The van der Waals surface area contributed by atoms with Crippen molar-refractivity contribution in [2.45, 2.75) is 6.18 Å².